The monoisotopic (exact) mass is 218 g/mol. The van der Waals surface area contributed by atoms with Crippen LogP contribution in [-0.4, -0.2) is 22.6 Å². The topological polar surface area (TPSA) is 62.2 Å². The maximum atomic E-state index is 11.4. The molecule has 4 nitrogen and oxygen atoms in total. The van der Waals surface area contributed by atoms with E-state index in [1.54, 1.807) is 18.3 Å². The van der Waals surface area contributed by atoms with Crippen molar-refractivity contribution in [2.24, 2.45) is 5.92 Å². The molecule has 1 rings (SSSR count). The SMILES string of the molecule is CC(C)C(=O)Nc1cc(C#CCO)ccn1. The number of nitrogens with zero attached hydrogens (tertiary/aromatic N) is 1. The molecule has 0 fully saturated rings. The van der Waals surface area contributed by atoms with E-state index in [1.807, 2.05) is 13.8 Å². The van der Waals surface area contributed by atoms with E-state index in [0.717, 1.165) is 0 Å². The average molecular weight is 218 g/mol. The first-order valence-electron chi connectivity index (χ1n) is 5.00. The third-order valence-corrected chi connectivity index (χ3v) is 1.85. The summed E-state index contributed by atoms with van der Waals surface area (Å²) < 4.78 is 0. The van der Waals surface area contributed by atoms with Crippen molar-refractivity contribution in [3.05, 3.63) is 23.9 Å². The minimum Gasteiger partial charge on any atom is -0.384 e. The molecule has 0 aromatic carbocycles. The highest BCUT2D eigenvalue weighted by Crippen LogP contribution is 2.07. The number of aliphatic hydroxyl groups is 1. The number of amides is 1. The van der Waals surface area contributed by atoms with Crippen molar-refractivity contribution in [2.45, 2.75) is 13.8 Å². The van der Waals surface area contributed by atoms with Gasteiger partial charge in [0, 0.05) is 17.7 Å². The average Bonchev–Trinajstić information content (AvgIpc) is 2.26. The van der Waals surface area contributed by atoms with Gasteiger partial charge in [0.25, 0.3) is 0 Å². The summed E-state index contributed by atoms with van der Waals surface area (Å²) in [6, 6.07) is 3.39. The van der Waals surface area contributed by atoms with Crippen LogP contribution in [0.25, 0.3) is 0 Å². The van der Waals surface area contributed by atoms with E-state index in [-0.39, 0.29) is 18.4 Å². The van der Waals surface area contributed by atoms with Gasteiger partial charge in [-0.15, -0.1) is 0 Å². The Labute approximate surface area is 94.7 Å². The van der Waals surface area contributed by atoms with Gasteiger partial charge < -0.3 is 10.4 Å². The Hall–Kier alpha value is -1.86. The van der Waals surface area contributed by atoms with Crippen LogP contribution in [0.3, 0.4) is 0 Å². The minimum absolute atomic E-state index is 0.0835. The fourth-order valence-electron chi connectivity index (χ4n) is 0.989. The summed E-state index contributed by atoms with van der Waals surface area (Å²) in [7, 11) is 0. The molecule has 1 heterocycles. The summed E-state index contributed by atoms with van der Waals surface area (Å²) in [6.45, 7) is 3.44. The molecule has 0 bridgehead atoms. The largest absolute Gasteiger partial charge is 0.384 e. The Morgan fingerprint density at radius 1 is 1.62 bits per heavy atom. The number of rotatable bonds is 2. The normalized spacial score (nSPS) is 9.50. The van der Waals surface area contributed by atoms with Crippen molar-refractivity contribution in [1.82, 2.24) is 4.98 Å². The van der Waals surface area contributed by atoms with E-state index in [9.17, 15) is 4.79 Å². The molecule has 0 saturated carbocycles. The Morgan fingerprint density at radius 3 is 3.00 bits per heavy atom. The minimum atomic E-state index is -0.185. The summed E-state index contributed by atoms with van der Waals surface area (Å²) in [6.07, 6.45) is 1.57. The van der Waals surface area contributed by atoms with Crippen molar-refractivity contribution in [1.29, 1.82) is 0 Å². The fraction of sp³-hybridized carbons (Fsp3) is 0.333. The number of anilines is 1. The van der Waals surface area contributed by atoms with Crippen LogP contribution >= 0.6 is 0 Å². The zero-order chi connectivity index (χ0) is 12.0. The Balaban J connectivity index is 2.78. The third-order valence-electron chi connectivity index (χ3n) is 1.85. The Morgan fingerprint density at radius 2 is 2.38 bits per heavy atom. The number of pyridine rings is 1. The molecule has 84 valence electrons. The second kappa shape index (κ2) is 5.89. The van der Waals surface area contributed by atoms with Gasteiger partial charge >= 0.3 is 0 Å². The second-order valence-corrected chi connectivity index (χ2v) is 3.53. The molecule has 1 aromatic heterocycles. The van der Waals surface area contributed by atoms with Crippen molar-refractivity contribution < 1.29 is 9.90 Å². The number of aliphatic hydroxyl groups excluding tert-OH is 1. The molecule has 0 atom stereocenters. The van der Waals surface area contributed by atoms with Gasteiger partial charge in [0.1, 0.15) is 12.4 Å². The smallest absolute Gasteiger partial charge is 0.228 e. The lowest BCUT2D eigenvalue weighted by molar-refractivity contribution is -0.118. The van der Waals surface area contributed by atoms with Gasteiger partial charge in [0.2, 0.25) is 5.91 Å². The molecule has 0 aliphatic heterocycles. The van der Waals surface area contributed by atoms with Crippen LogP contribution in [0, 0.1) is 17.8 Å². The summed E-state index contributed by atoms with van der Waals surface area (Å²) in [4.78, 5) is 15.4. The number of aromatic nitrogens is 1. The van der Waals surface area contributed by atoms with Crippen LogP contribution in [-0.2, 0) is 4.79 Å². The molecule has 4 heteroatoms. The summed E-state index contributed by atoms with van der Waals surface area (Å²) in [5.41, 5.74) is 0.711. The molecule has 1 aromatic rings. The first kappa shape index (κ1) is 12.2. The molecule has 0 aliphatic carbocycles. The van der Waals surface area contributed by atoms with Gasteiger partial charge in [-0.1, -0.05) is 25.7 Å². The molecule has 2 N–H and O–H groups in total. The maximum Gasteiger partial charge on any atom is 0.228 e. The van der Waals surface area contributed by atoms with Crippen molar-refractivity contribution in [3.8, 4) is 11.8 Å². The molecule has 0 unspecified atom stereocenters. The van der Waals surface area contributed by atoms with Gasteiger partial charge in [-0.3, -0.25) is 4.79 Å². The number of carbonyl (C=O) groups is 1. The zero-order valence-corrected chi connectivity index (χ0v) is 9.32. The number of hydrogen-bond donors (Lipinski definition) is 2. The van der Waals surface area contributed by atoms with Crippen molar-refractivity contribution in [2.75, 3.05) is 11.9 Å². The number of nitrogens with one attached hydrogen (secondary N) is 1. The van der Waals surface area contributed by atoms with Gasteiger partial charge in [-0.05, 0) is 12.1 Å². The molecular formula is C12H14N2O2. The Kier molecular flexibility index (Phi) is 4.49. The van der Waals surface area contributed by atoms with Crippen LogP contribution in [0.1, 0.15) is 19.4 Å². The van der Waals surface area contributed by atoms with Gasteiger partial charge in [0.05, 0.1) is 0 Å². The molecular weight excluding hydrogens is 204 g/mol. The summed E-state index contributed by atoms with van der Waals surface area (Å²) >= 11 is 0. The van der Waals surface area contributed by atoms with Crippen molar-refractivity contribution in [3.63, 3.8) is 0 Å². The van der Waals surface area contributed by atoms with Crippen LogP contribution < -0.4 is 5.32 Å². The fourth-order valence-corrected chi connectivity index (χ4v) is 0.989. The van der Waals surface area contributed by atoms with E-state index >= 15 is 0 Å². The second-order valence-electron chi connectivity index (χ2n) is 3.53. The lowest BCUT2D eigenvalue weighted by Gasteiger charge is -2.06. The zero-order valence-electron chi connectivity index (χ0n) is 9.32. The molecule has 1 amide bonds. The van der Waals surface area contributed by atoms with Crippen LogP contribution in [0.15, 0.2) is 18.3 Å². The lowest BCUT2D eigenvalue weighted by Crippen LogP contribution is -2.18. The highest BCUT2D eigenvalue weighted by Gasteiger charge is 2.07. The van der Waals surface area contributed by atoms with Gasteiger partial charge in [0.15, 0.2) is 0 Å². The highest BCUT2D eigenvalue weighted by atomic mass is 16.2. The molecule has 0 saturated heterocycles. The summed E-state index contributed by atoms with van der Waals surface area (Å²) in [5.74, 6) is 5.58. The molecule has 16 heavy (non-hydrogen) atoms. The van der Waals surface area contributed by atoms with E-state index < -0.39 is 0 Å². The molecule has 0 aliphatic rings. The predicted octanol–water partition coefficient (Wildman–Crippen LogP) is 1.02. The number of carbonyl (C=O) groups excluding carboxylic acids is 1. The number of hydrogen-bond acceptors (Lipinski definition) is 3. The van der Waals surface area contributed by atoms with Gasteiger partial charge in [-0.25, -0.2) is 4.98 Å². The predicted molar refractivity (Wildman–Crippen MR) is 61.7 cm³/mol. The molecule has 0 radical (unpaired) electrons. The summed E-state index contributed by atoms with van der Waals surface area (Å²) in [5, 5.41) is 11.2. The first-order valence-corrected chi connectivity index (χ1v) is 5.00. The quantitative estimate of drug-likeness (QED) is 0.728. The molecule has 0 spiro atoms. The first-order chi connectivity index (χ1) is 7.63. The Bertz CT molecular complexity index is 430. The van der Waals surface area contributed by atoms with Crippen LogP contribution in [0.2, 0.25) is 0 Å². The van der Waals surface area contributed by atoms with Gasteiger partial charge in [-0.2, -0.15) is 0 Å². The van der Waals surface area contributed by atoms with E-state index in [2.05, 4.69) is 22.1 Å². The van der Waals surface area contributed by atoms with E-state index in [1.165, 1.54) is 0 Å². The lowest BCUT2D eigenvalue weighted by atomic mass is 10.2. The standard InChI is InChI=1S/C12H14N2O2/c1-9(2)12(16)14-11-8-10(4-3-7-15)5-6-13-11/h5-6,8-9,15H,7H2,1-2H3,(H,13,14,16). The third kappa shape index (κ3) is 3.71. The van der Waals surface area contributed by atoms with Crippen LogP contribution in [0.5, 0.6) is 0 Å². The van der Waals surface area contributed by atoms with Crippen LogP contribution in [0.4, 0.5) is 5.82 Å². The maximum absolute atomic E-state index is 11.4. The van der Waals surface area contributed by atoms with Crippen molar-refractivity contribution >= 4 is 11.7 Å². The van der Waals surface area contributed by atoms with E-state index in [4.69, 9.17) is 5.11 Å². The highest BCUT2D eigenvalue weighted by molar-refractivity contribution is 5.91. The van der Waals surface area contributed by atoms with E-state index in [0.29, 0.717) is 11.4 Å².